The van der Waals surface area contributed by atoms with Crippen molar-refractivity contribution in [2.24, 2.45) is 5.10 Å². The summed E-state index contributed by atoms with van der Waals surface area (Å²) < 4.78 is 6.02. The lowest BCUT2D eigenvalue weighted by molar-refractivity contribution is -0.120. The molecule has 7 heteroatoms. The van der Waals surface area contributed by atoms with E-state index in [4.69, 9.17) is 4.42 Å². The highest BCUT2D eigenvalue weighted by molar-refractivity contribution is 9.10. The first kappa shape index (κ1) is 16.0. The van der Waals surface area contributed by atoms with Crippen LogP contribution in [0.5, 0.6) is 0 Å². The Labute approximate surface area is 135 Å². The number of hydrogen-bond acceptors (Lipinski definition) is 4. The summed E-state index contributed by atoms with van der Waals surface area (Å²) in [7, 11) is 0. The van der Waals surface area contributed by atoms with Crippen molar-refractivity contribution in [1.82, 2.24) is 10.7 Å². The van der Waals surface area contributed by atoms with Crippen molar-refractivity contribution in [3.05, 3.63) is 58.5 Å². The van der Waals surface area contributed by atoms with Crippen molar-refractivity contribution in [3.63, 3.8) is 0 Å². The summed E-state index contributed by atoms with van der Waals surface area (Å²) in [5, 5.41) is 6.41. The van der Waals surface area contributed by atoms with Crippen LogP contribution in [-0.4, -0.2) is 24.1 Å². The molecule has 6 nitrogen and oxygen atoms in total. The van der Waals surface area contributed by atoms with Crippen LogP contribution in [0, 0.1) is 0 Å². The number of rotatable bonds is 5. The fourth-order valence-corrected chi connectivity index (χ4v) is 1.85. The van der Waals surface area contributed by atoms with E-state index in [2.05, 4.69) is 31.8 Å². The average Bonchev–Trinajstić information content (AvgIpc) is 3.05. The Hall–Kier alpha value is -2.41. The summed E-state index contributed by atoms with van der Waals surface area (Å²) in [6, 6.07) is 10.3. The minimum Gasteiger partial charge on any atom is -0.463 e. The number of amides is 2. The second-order valence-corrected chi connectivity index (χ2v) is 5.31. The molecule has 0 aliphatic heterocycles. The van der Waals surface area contributed by atoms with Crippen LogP contribution in [0.2, 0.25) is 0 Å². The lowest BCUT2D eigenvalue weighted by Gasteiger charge is -2.05. The number of nitrogens with zero attached hydrogens (tertiary/aromatic N) is 1. The van der Waals surface area contributed by atoms with Gasteiger partial charge in [0.05, 0.1) is 12.8 Å². The zero-order chi connectivity index (χ0) is 15.9. The fraction of sp³-hybridized carbons (Fsp3) is 0.133. The zero-order valence-corrected chi connectivity index (χ0v) is 13.4. The molecule has 1 aromatic heterocycles. The number of nitrogens with one attached hydrogen (secondary N) is 2. The van der Waals surface area contributed by atoms with E-state index in [1.807, 2.05) is 0 Å². The number of hydrogen-bond donors (Lipinski definition) is 2. The Bertz CT molecular complexity index is 679. The van der Waals surface area contributed by atoms with Crippen LogP contribution in [0.25, 0.3) is 0 Å². The quantitative estimate of drug-likeness (QED) is 0.631. The molecule has 0 fully saturated rings. The standard InChI is InChI=1S/C15H14BrN3O3/c1-10(13-3-2-8-22-13)18-19-14(20)9-17-15(21)11-4-6-12(16)7-5-11/h2-8H,9H2,1H3,(H,17,21)(H,19,20)/b18-10-. The molecule has 2 amide bonds. The number of hydrazone groups is 1. The molecule has 22 heavy (non-hydrogen) atoms. The molecular weight excluding hydrogens is 350 g/mol. The monoisotopic (exact) mass is 363 g/mol. The Balaban J connectivity index is 1.81. The predicted octanol–water partition coefficient (Wildman–Crippen LogP) is 2.31. The van der Waals surface area contributed by atoms with E-state index in [-0.39, 0.29) is 12.5 Å². The van der Waals surface area contributed by atoms with Gasteiger partial charge in [-0.25, -0.2) is 5.43 Å². The number of furan rings is 1. The molecule has 1 aromatic carbocycles. The first-order chi connectivity index (χ1) is 10.6. The van der Waals surface area contributed by atoms with Crippen molar-refractivity contribution in [3.8, 4) is 0 Å². The molecule has 2 rings (SSSR count). The van der Waals surface area contributed by atoms with Gasteiger partial charge in [-0.2, -0.15) is 5.10 Å². The highest BCUT2D eigenvalue weighted by Gasteiger charge is 2.08. The lowest BCUT2D eigenvalue weighted by atomic mass is 10.2. The topological polar surface area (TPSA) is 83.7 Å². The van der Waals surface area contributed by atoms with E-state index in [0.717, 1.165) is 4.47 Å². The molecule has 1 heterocycles. The number of benzene rings is 1. The van der Waals surface area contributed by atoms with Crippen LogP contribution in [0.4, 0.5) is 0 Å². The maximum Gasteiger partial charge on any atom is 0.259 e. The Morgan fingerprint density at radius 2 is 1.95 bits per heavy atom. The van der Waals surface area contributed by atoms with Gasteiger partial charge in [0.15, 0.2) is 0 Å². The summed E-state index contributed by atoms with van der Waals surface area (Å²) >= 11 is 3.29. The molecule has 0 atom stereocenters. The van der Waals surface area contributed by atoms with Gasteiger partial charge in [0.25, 0.3) is 11.8 Å². The normalized spacial score (nSPS) is 11.1. The summed E-state index contributed by atoms with van der Waals surface area (Å²) in [5.74, 6) is -0.176. The van der Waals surface area contributed by atoms with E-state index in [9.17, 15) is 9.59 Å². The minimum atomic E-state index is -0.420. The third kappa shape index (κ3) is 4.56. The molecule has 0 aliphatic carbocycles. The molecule has 0 aliphatic rings. The lowest BCUT2D eigenvalue weighted by Crippen LogP contribution is -2.35. The van der Waals surface area contributed by atoms with Gasteiger partial charge in [-0.3, -0.25) is 9.59 Å². The maximum absolute atomic E-state index is 11.8. The average molecular weight is 364 g/mol. The largest absolute Gasteiger partial charge is 0.463 e. The number of halogens is 1. The molecule has 0 saturated heterocycles. The van der Waals surface area contributed by atoms with E-state index < -0.39 is 5.91 Å². The first-order valence-electron chi connectivity index (χ1n) is 6.47. The molecule has 2 aromatic rings. The molecule has 0 radical (unpaired) electrons. The van der Waals surface area contributed by atoms with Crippen LogP contribution in [-0.2, 0) is 4.79 Å². The fourth-order valence-electron chi connectivity index (χ4n) is 1.59. The Morgan fingerprint density at radius 1 is 1.23 bits per heavy atom. The summed E-state index contributed by atoms with van der Waals surface area (Å²) in [6.07, 6.45) is 1.52. The van der Waals surface area contributed by atoms with Crippen molar-refractivity contribution < 1.29 is 14.0 Å². The van der Waals surface area contributed by atoms with Crippen LogP contribution in [0.15, 0.2) is 56.7 Å². The van der Waals surface area contributed by atoms with Crippen LogP contribution >= 0.6 is 15.9 Å². The van der Waals surface area contributed by atoms with Crippen molar-refractivity contribution in [2.45, 2.75) is 6.92 Å². The highest BCUT2D eigenvalue weighted by Crippen LogP contribution is 2.10. The van der Waals surface area contributed by atoms with Gasteiger partial charge in [0.1, 0.15) is 11.5 Å². The summed E-state index contributed by atoms with van der Waals surface area (Å²) in [6.45, 7) is 1.54. The van der Waals surface area contributed by atoms with Gasteiger partial charge in [-0.1, -0.05) is 15.9 Å². The van der Waals surface area contributed by atoms with Gasteiger partial charge >= 0.3 is 0 Å². The molecule has 0 bridgehead atoms. The number of carbonyl (C=O) groups is 2. The Morgan fingerprint density at radius 3 is 2.59 bits per heavy atom. The number of carbonyl (C=O) groups excluding carboxylic acids is 2. The van der Waals surface area contributed by atoms with E-state index in [1.165, 1.54) is 6.26 Å². The molecule has 2 N–H and O–H groups in total. The smallest absolute Gasteiger partial charge is 0.259 e. The van der Waals surface area contributed by atoms with Gasteiger partial charge in [0, 0.05) is 10.0 Å². The van der Waals surface area contributed by atoms with Crippen molar-refractivity contribution in [2.75, 3.05) is 6.54 Å². The van der Waals surface area contributed by atoms with Crippen LogP contribution in [0.3, 0.4) is 0 Å². The van der Waals surface area contributed by atoms with Crippen molar-refractivity contribution >= 4 is 33.5 Å². The van der Waals surface area contributed by atoms with E-state index in [1.54, 1.807) is 43.3 Å². The Kier molecular flexibility index (Phi) is 5.48. The second-order valence-electron chi connectivity index (χ2n) is 4.40. The van der Waals surface area contributed by atoms with Gasteiger partial charge < -0.3 is 9.73 Å². The third-order valence-electron chi connectivity index (χ3n) is 2.74. The zero-order valence-electron chi connectivity index (χ0n) is 11.8. The van der Waals surface area contributed by atoms with Crippen LogP contribution in [0.1, 0.15) is 23.0 Å². The molecular formula is C15H14BrN3O3. The maximum atomic E-state index is 11.8. The first-order valence-corrected chi connectivity index (χ1v) is 7.26. The van der Waals surface area contributed by atoms with Gasteiger partial charge in [0.2, 0.25) is 0 Å². The minimum absolute atomic E-state index is 0.163. The molecule has 114 valence electrons. The highest BCUT2D eigenvalue weighted by atomic mass is 79.9. The van der Waals surface area contributed by atoms with Gasteiger partial charge in [-0.05, 0) is 43.3 Å². The summed E-state index contributed by atoms with van der Waals surface area (Å²) in [4.78, 5) is 23.5. The van der Waals surface area contributed by atoms with E-state index in [0.29, 0.717) is 17.0 Å². The second kappa shape index (κ2) is 7.56. The van der Waals surface area contributed by atoms with E-state index >= 15 is 0 Å². The third-order valence-corrected chi connectivity index (χ3v) is 3.27. The molecule has 0 spiro atoms. The molecule has 0 unspecified atom stereocenters. The van der Waals surface area contributed by atoms with Crippen LogP contribution < -0.4 is 10.7 Å². The summed E-state index contributed by atoms with van der Waals surface area (Å²) in [5.41, 5.74) is 3.37. The van der Waals surface area contributed by atoms with Gasteiger partial charge in [-0.15, -0.1) is 0 Å². The van der Waals surface area contributed by atoms with Crippen molar-refractivity contribution in [1.29, 1.82) is 0 Å². The SMILES string of the molecule is C/C(=N/NC(=O)CNC(=O)c1ccc(Br)cc1)c1ccco1. The molecule has 0 saturated carbocycles. The predicted molar refractivity (Wildman–Crippen MR) is 85.5 cm³/mol.